The first-order valence-electron chi connectivity index (χ1n) is 9.52. The number of methoxy groups -OCH3 is 2. The molecule has 0 saturated carbocycles. The van der Waals surface area contributed by atoms with Crippen LogP contribution < -0.4 is 20.1 Å². The van der Waals surface area contributed by atoms with E-state index in [0.29, 0.717) is 38.9 Å². The van der Waals surface area contributed by atoms with Crippen LogP contribution in [0.15, 0.2) is 63.4 Å². The quantitative estimate of drug-likeness (QED) is 0.343. The second kappa shape index (κ2) is 9.47. The summed E-state index contributed by atoms with van der Waals surface area (Å²) in [5.74, 6) is 1.05. The van der Waals surface area contributed by atoms with Gasteiger partial charge in [0.1, 0.15) is 23.3 Å². The van der Waals surface area contributed by atoms with Crippen LogP contribution in [-0.4, -0.2) is 35.4 Å². The molecule has 4 aromatic rings. The number of carbonyl (C=O) groups excluding carboxylic acids is 1. The molecule has 0 fully saturated rings. The van der Waals surface area contributed by atoms with Crippen molar-refractivity contribution in [2.24, 2.45) is 0 Å². The number of urea groups is 1. The number of carbonyl (C=O) groups is 1. The largest absolute Gasteiger partial charge is 0.493 e. The number of nitrogens with zero attached hydrogens (tertiary/aromatic N) is 3. The molecule has 176 valence electrons. The van der Waals surface area contributed by atoms with E-state index in [0.717, 1.165) is 5.39 Å². The van der Waals surface area contributed by atoms with Crippen LogP contribution in [0.4, 0.5) is 29.3 Å². The number of hydrogen-bond acceptors (Lipinski definition) is 8. The fourth-order valence-corrected chi connectivity index (χ4v) is 3.93. The van der Waals surface area contributed by atoms with E-state index in [9.17, 15) is 18.0 Å². The van der Waals surface area contributed by atoms with Gasteiger partial charge in [-0.2, -0.15) is 13.2 Å². The number of alkyl halides is 3. The van der Waals surface area contributed by atoms with Crippen molar-refractivity contribution in [3.05, 3.63) is 54.7 Å². The number of benzene rings is 2. The molecule has 2 aromatic carbocycles. The van der Waals surface area contributed by atoms with Crippen molar-refractivity contribution in [3.8, 4) is 11.5 Å². The molecule has 2 aromatic heterocycles. The van der Waals surface area contributed by atoms with Gasteiger partial charge in [-0.1, -0.05) is 23.0 Å². The van der Waals surface area contributed by atoms with Crippen LogP contribution in [0.1, 0.15) is 5.69 Å². The number of halogens is 3. The molecule has 0 bridgehead atoms. The number of ether oxygens (including phenoxy) is 2. The van der Waals surface area contributed by atoms with Crippen LogP contribution in [0.25, 0.3) is 10.9 Å². The van der Waals surface area contributed by atoms with E-state index in [1.165, 1.54) is 32.3 Å². The highest BCUT2D eigenvalue weighted by molar-refractivity contribution is 7.99. The molecule has 0 spiro atoms. The van der Waals surface area contributed by atoms with Crippen LogP contribution in [0.5, 0.6) is 11.5 Å². The zero-order valence-corrected chi connectivity index (χ0v) is 18.5. The maximum Gasteiger partial charge on any atom is 0.438 e. The lowest BCUT2D eigenvalue weighted by atomic mass is 10.2. The van der Waals surface area contributed by atoms with E-state index >= 15 is 0 Å². The van der Waals surface area contributed by atoms with Crippen molar-refractivity contribution in [2.45, 2.75) is 16.1 Å². The van der Waals surface area contributed by atoms with Crippen LogP contribution in [0.3, 0.4) is 0 Å². The van der Waals surface area contributed by atoms with Crippen molar-refractivity contribution < 1.29 is 32.0 Å². The first-order valence-corrected chi connectivity index (χ1v) is 10.3. The molecule has 34 heavy (non-hydrogen) atoms. The maximum absolute atomic E-state index is 12.9. The van der Waals surface area contributed by atoms with Gasteiger partial charge in [-0.3, -0.25) is 0 Å². The highest BCUT2D eigenvalue weighted by Crippen LogP contribution is 2.38. The number of fused-ring (bicyclic) bond motifs is 1. The molecule has 2 N–H and O–H groups in total. The molecule has 0 saturated heterocycles. The Labute approximate surface area is 194 Å². The first-order chi connectivity index (χ1) is 16.3. The SMILES string of the molecule is COc1cc2ncnc(Sc3cccc(NC(=O)Nc4conc4C(F)(F)F)c3)c2cc1OC. The minimum atomic E-state index is -4.76. The number of anilines is 2. The van der Waals surface area contributed by atoms with E-state index in [-0.39, 0.29) is 0 Å². The van der Waals surface area contributed by atoms with Crippen molar-refractivity contribution in [2.75, 3.05) is 24.9 Å². The van der Waals surface area contributed by atoms with Crippen molar-refractivity contribution >= 4 is 40.1 Å². The maximum atomic E-state index is 12.9. The fourth-order valence-electron chi connectivity index (χ4n) is 3.00. The summed E-state index contributed by atoms with van der Waals surface area (Å²) in [4.78, 5) is 21.5. The lowest BCUT2D eigenvalue weighted by Crippen LogP contribution is -2.21. The van der Waals surface area contributed by atoms with Crippen LogP contribution in [0, 0.1) is 0 Å². The number of nitrogens with one attached hydrogen (secondary N) is 2. The van der Waals surface area contributed by atoms with Gasteiger partial charge in [-0.25, -0.2) is 14.8 Å². The van der Waals surface area contributed by atoms with Gasteiger partial charge in [0.25, 0.3) is 0 Å². The summed E-state index contributed by atoms with van der Waals surface area (Å²) in [6.45, 7) is 0. The second-order valence-corrected chi connectivity index (χ2v) is 7.75. The zero-order chi connectivity index (χ0) is 24.3. The fraction of sp³-hybridized carbons (Fsp3) is 0.143. The molecule has 0 aliphatic carbocycles. The van der Waals surface area contributed by atoms with Crippen LogP contribution >= 0.6 is 11.8 Å². The molecule has 4 rings (SSSR count). The second-order valence-electron chi connectivity index (χ2n) is 6.69. The average molecular weight is 491 g/mol. The third-order valence-corrected chi connectivity index (χ3v) is 5.51. The molecule has 2 amide bonds. The van der Waals surface area contributed by atoms with Crippen LogP contribution in [-0.2, 0) is 6.18 Å². The number of amides is 2. The summed E-state index contributed by atoms with van der Waals surface area (Å²) in [6.07, 6.45) is -2.64. The summed E-state index contributed by atoms with van der Waals surface area (Å²) in [6, 6.07) is 9.34. The molecule has 13 heteroatoms. The number of hydrogen-bond donors (Lipinski definition) is 2. The Morgan fingerprint density at radius 2 is 1.82 bits per heavy atom. The minimum absolute atomic E-state index is 0.352. The van der Waals surface area contributed by atoms with Gasteiger partial charge in [-0.15, -0.1) is 0 Å². The molecular formula is C21H16F3N5O4S. The lowest BCUT2D eigenvalue weighted by molar-refractivity contribution is -0.142. The Hall–Kier alpha value is -4.00. The van der Waals surface area contributed by atoms with Gasteiger partial charge in [0.2, 0.25) is 5.69 Å². The molecule has 0 atom stereocenters. The molecule has 0 aliphatic heterocycles. The van der Waals surface area contributed by atoms with E-state index in [2.05, 4.69) is 30.3 Å². The summed E-state index contributed by atoms with van der Waals surface area (Å²) >= 11 is 1.31. The smallest absolute Gasteiger partial charge is 0.438 e. The molecule has 2 heterocycles. The average Bonchev–Trinajstić information content (AvgIpc) is 3.27. The summed E-state index contributed by atoms with van der Waals surface area (Å²) in [5.41, 5.74) is -0.912. The number of rotatable bonds is 6. The number of aromatic nitrogens is 3. The van der Waals surface area contributed by atoms with Crippen molar-refractivity contribution in [1.29, 1.82) is 0 Å². The summed E-state index contributed by atoms with van der Waals surface area (Å²) < 4.78 is 53.7. The molecule has 0 unspecified atom stereocenters. The van der Waals surface area contributed by atoms with Gasteiger partial charge >= 0.3 is 12.2 Å². The zero-order valence-electron chi connectivity index (χ0n) is 17.6. The minimum Gasteiger partial charge on any atom is -0.493 e. The first kappa shape index (κ1) is 23.2. The third-order valence-electron chi connectivity index (χ3n) is 4.50. The Kier molecular flexibility index (Phi) is 6.45. The van der Waals surface area contributed by atoms with Gasteiger partial charge < -0.3 is 24.6 Å². The molecule has 0 aliphatic rings. The summed E-state index contributed by atoms with van der Waals surface area (Å²) in [7, 11) is 3.06. The van der Waals surface area contributed by atoms with Gasteiger partial charge in [0.15, 0.2) is 11.5 Å². The Bertz CT molecular complexity index is 1350. The third kappa shape index (κ3) is 4.98. The molecular weight excluding hydrogens is 475 g/mol. The summed E-state index contributed by atoms with van der Waals surface area (Å²) in [5, 5.41) is 8.81. The van der Waals surface area contributed by atoms with Gasteiger partial charge in [-0.05, 0) is 24.3 Å². The highest BCUT2D eigenvalue weighted by atomic mass is 32.2. The Morgan fingerprint density at radius 3 is 2.56 bits per heavy atom. The van der Waals surface area contributed by atoms with E-state index < -0.39 is 23.6 Å². The lowest BCUT2D eigenvalue weighted by Gasteiger charge is -2.11. The standard InChI is InChI=1S/C21H16F3N5O4S/c1-31-16-7-13-14(8-17(16)32-2)25-10-26-19(13)34-12-5-3-4-11(6-12)27-20(30)28-15-9-33-29-18(15)21(22,23)24/h3-10H,1-2H3,(H2,27,28,30). The predicted molar refractivity (Wildman–Crippen MR) is 117 cm³/mol. The van der Waals surface area contributed by atoms with Gasteiger partial charge in [0.05, 0.1) is 19.7 Å². The van der Waals surface area contributed by atoms with E-state index in [1.807, 2.05) is 0 Å². The van der Waals surface area contributed by atoms with Crippen molar-refractivity contribution in [1.82, 2.24) is 15.1 Å². The van der Waals surface area contributed by atoms with Crippen molar-refractivity contribution in [3.63, 3.8) is 0 Å². The monoisotopic (exact) mass is 491 g/mol. The highest BCUT2D eigenvalue weighted by Gasteiger charge is 2.38. The van der Waals surface area contributed by atoms with E-state index in [1.54, 1.807) is 36.4 Å². The molecule has 9 nitrogen and oxygen atoms in total. The molecule has 0 radical (unpaired) electrons. The predicted octanol–water partition coefficient (Wildman–Crippen LogP) is 5.45. The normalized spacial score (nSPS) is 11.3. The van der Waals surface area contributed by atoms with E-state index in [4.69, 9.17) is 9.47 Å². The van der Waals surface area contributed by atoms with Crippen LogP contribution in [0.2, 0.25) is 0 Å². The Balaban J connectivity index is 1.53. The van der Waals surface area contributed by atoms with Gasteiger partial charge in [0, 0.05) is 22.0 Å². The topological polar surface area (TPSA) is 111 Å². The Morgan fingerprint density at radius 1 is 1.06 bits per heavy atom.